The second-order valence-corrected chi connectivity index (χ2v) is 4.60. The van der Waals surface area contributed by atoms with Crippen molar-refractivity contribution in [1.82, 2.24) is 15.3 Å². The number of thioether (sulfide) groups is 1. The van der Waals surface area contributed by atoms with E-state index < -0.39 is 18.0 Å². The number of aromatic nitrogens is 2. The van der Waals surface area contributed by atoms with E-state index in [-0.39, 0.29) is 6.54 Å². The molecule has 0 aromatic carbocycles. The third-order valence-electron chi connectivity index (χ3n) is 2.33. The molecule has 1 heterocycles. The first-order valence-corrected chi connectivity index (χ1v) is 6.67. The number of carbonyl (C=O) groups is 2. The van der Waals surface area contributed by atoms with Crippen molar-refractivity contribution in [2.75, 3.05) is 12.8 Å². The molecule has 1 rings (SSSR count). The Morgan fingerprint density at radius 1 is 1.37 bits per heavy atom. The van der Waals surface area contributed by atoms with E-state index in [2.05, 4.69) is 15.3 Å². The van der Waals surface area contributed by atoms with Crippen molar-refractivity contribution in [3.63, 3.8) is 0 Å². The molecule has 1 atom stereocenters. The van der Waals surface area contributed by atoms with Crippen LogP contribution in [0.1, 0.15) is 21.9 Å². The molecule has 1 aromatic heterocycles. The molecule has 0 aliphatic rings. The van der Waals surface area contributed by atoms with Crippen LogP contribution < -0.4 is 5.32 Å². The Balaban J connectivity index is 2.91. The van der Waals surface area contributed by atoms with E-state index in [0.717, 1.165) is 0 Å². The molecular weight excluding hydrogens is 270 g/mol. The Morgan fingerprint density at radius 3 is 2.53 bits per heavy atom. The zero-order valence-electron chi connectivity index (χ0n) is 10.8. The third kappa shape index (κ3) is 3.90. The number of nitrogens with zero attached hydrogens (tertiary/aromatic N) is 2. The summed E-state index contributed by atoms with van der Waals surface area (Å²) in [6, 6.07) is 0. The molecule has 8 heteroatoms. The van der Waals surface area contributed by atoms with Crippen LogP contribution in [-0.2, 0) is 4.79 Å². The molecule has 3 N–H and O–H groups in total. The lowest BCUT2D eigenvalue weighted by atomic mass is 10.2. The van der Waals surface area contributed by atoms with Gasteiger partial charge in [0.15, 0.2) is 6.10 Å². The summed E-state index contributed by atoms with van der Waals surface area (Å²) in [5.41, 5.74) is 0.815. The van der Waals surface area contributed by atoms with Gasteiger partial charge in [0.05, 0.1) is 17.8 Å². The summed E-state index contributed by atoms with van der Waals surface area (Å²) >= 11 is 1.30. The lowest BCUT2D eigenvalue weighted by molar-refractivity contribution is -0.146. The molecular formula is C11H15N3O4S. The Bertz CT molecular complexity index is 507. The Kier molecular flexibility index (Phi) is 5.25. The van der Waals surface area contributed by atoms with Gasteiger partial charge in [0.2, 0.25) is 0 Å². The van der Waals surface area contributed by atoms with Crippen LogP contribution in [0.15, 0.2) is 5.03 Å². The minimum atomic E-state index is -1.63. The van der Waals surface area contributed by atoms with Gasteiger partial charge in [-0.1, -0.05) is 0 Å². The van der Waals surface area contributed by atoms with Gasteiger partial charge in [0, 0.05) is 0 Å². The number of aliphatic hydroxyl groups excluding tert-OH is 1. The first kappa shape index (κ1) is 15.4. The van der Waals surface area contributed by atoms with Crippen LogP contribution in [0.4, 0.5) is 0 Å². The summed E-state index contributed by atoms with van der Waals surface area (Å²) in [5, 5.41) is 20.5. The van der Waals surface area contributed by atoms with Gasteiger partial charge < -0.3 is 15.5 Å². The number of carboxylic acids is 1. The second-order valence-electron chi connectivity index (χ2n) is 3.80. The van der Waals surface area contributed by atoms with Gasteiger partial charge in [0.1, 0.15) is 10.9 Å². The first-order chi connectivity index (χ1) is 8.86. The second kappa shape index (κ2) is 6.48. The highest BCUT2D eigenvalue weighted by Gasteiger charge is 2.20. The van der Waals surface area contributed by atoms with Crippen LogP contribution in [0.3, 0.4) is 0 Å². The van der Waals surface area contributed by atoms with E-state index in [1.807, 2.05) is 0 Å². The van der Waals surface area contributed by atoms with E-state index in [9.17, 15) is 9.59 Å². The Hall–Kier alpha value is -1.67. The normalized spacial score (nSPS) is 12.0. The highest BCUT2D eigenvalue weighted by molar-refractivity contribution is 7.98. The maximum Gasteiger partial charge on any atom is 0.334 e. The molecule has 19 heavy (non-hydrogen) atoms. The van der Waals surface area contributed by atoms with Crippen molar-refractivity contribution < 1.29 is 19.8 Å². The molecule has 0 saturated heterocycles. The van der Waals surface area contributed by atoms with E-state index in [0.29, 0.717) is 22.1 Å². The smallest absolute Gasteiger partial charge is 0.334 e. The van der Waals surface area contributed by atoms with Crippen molar-refractivity contribution >= 4 is 23.6 Å². The number of aliphatic hydroxyl groups is 1. The summed E-state index contributed by atoms with van der Waals surface area (Å²) in [6.45, 7) is 3.04. The van der Waals surface area contributed by atoms with Crippen molar-refractivity contribution in [3.05, 3.63) is 17.1 Å². The highest BCUT2D eigenvalue weighted by Crippen LogP contribution is 2.20. The van der Waals surface area contributed by atoms with Crippen molar-refractivity contribution in [3.8, 4) is 0 Å². The number of aliphatic carboxylic acids is 1. The van der Waals surface area contributed by atoms with Gasteiger partial charge in [-0.2, -0.15) is 0 Å². The van der Waals surface area contributed by atoms with Crippen molar-refractivity contribution in [2.45, 2.75) is 25.0 Å². The minimum Gasteiger partial charge on any atom is -0.479 e. The fourth-order valence-electron chi connectivity index (χ4n) is 1.46. The number of rotatable bonds is 5. The van der Waals surface area contributed by atoms with E-state index in [1.54, 1.807) is 20.1 Å². The largest absolute Gasteiger partial charge is 0.479 e. The molecule has 0 spiro atoms. The van der Waals surface area contributed by atoms with Gasteiger partial charge in [-0.05, 0) is 20.1 Å². The molecule has 0 bridgehead atoms. The summed E-state index contributed by atoms with van der Waals surface area (Å²) in [7, 11) is 0. The lowest BCUT2D eigenvalue weighted by Crippen LogP contribution is -2.37. The average molecular weight is 285 g/mol. The van der Waals surface area contributed by atoms with Crippen LogP contribution in [-0.4, -0.2) is 51.0 Å². The third-order valence-corrected chi connectivity index (χ3v) is 3.01. The van der Waals surface area contributed by atoms with Gasteiger partial charge in [0.25, 0.3) is 5.91 Å². The summed E-state index contributed by atoms with van der Waals surface area (Å²) < 4.78 is 0. The fourth-order valence-corrected chi connectivity index (χ4v) is 2.12. The number of hydrogen-bond acceptors (Lipinski definition) is 6. The summed E-state index contributed by atoms with van der Waals surface area (Å²) in [5.74, 6) is -1.33. The maximum atomic E-state index is 12.0. The van der Waals surface area contributed by atoms with Gasteiger partial charge in [-0.25, -0.2) is 14.8 Å². The predicted molar refractivity (Wildman–Crippen MR) is 69.3 cm³/mol. The average Bonchev–Trinajstić information content (AvgIpc) is 2.34. The van der Waals surface area contributed by atoms with Crippen molar-refractivity contribution in [2.24, 2.45) is 0 Å². The number of amides is 1. The monoisotopic (exact) mass is 285 g/mol. The van der Waals surface area contributed by atoms with Gasteiger partial charge in [-0.15, -0.1) is 11.8 Å². The molecule has 0 unspecified atom stereocenters. The van der Waals surface area contributed by atoms with Crippen molar-refractivity contribution in [1.29, 1.82) is 0 Å². The first-order valence-electron chi connectivity index (χ1n) is 5.45. The summed E-state index contributed by atoms with van der Waals surface area (Å²) in [6.07, 6.45) is 0.151. The van der Waals surface area contributed by atoms with Gasteiger partial charge >= 0.3 is 5.97 Å². The maximum absolute atomic E-state index is 12.0. The Labute approximate surface area is 114 Å². The number of carbonyl (C=O) groups excluding carboxylic acids is 1. The SMILES string of the molecule is CSc1nc(C)nc(C)c1C(=O)NC[C@H](O)C(=O)O. The van der Waals surface area contributed by atoms with Gasteiger partial charge in [-0.3, -0.25) is 4.79 Å². The molecule has 7 nitrogen and oxygen atoms in total. The summed E-state index contributed by atoms with van der Waals surface area (Å²) in [4.78, 5) is 30.7. The fraction of sp³-hybridized carbons (Fsp3) is 0.455. The quantitative estimate of drug-likeness (QED) is 0.515. The molecule has 0 aliphatic heterocycles. The number of carboxylic acid groups (broad SMARTS) is 1. The minimum absolute atomic E-state index is 0.302. The van der Waals surface area contributed by atoms with Crippen LogP contribution in [0.2, 0.25) is 0 Å². The van der Waals surface area contributed by atoms with Crippen LogP contribution >= 0.6 is 11.8 Å². The standard InChI is InChI=1S/C11H15N3O4S/c1-5-8(10(19-3)14-6(2)13-5)9(16)12-4-7(15)11(17)18/h7,15H,4H2,1-3H3,(H,12,16)(H,17,18)/t7-/m0/s1. The molecule has 0 radical (unpaired) electrons. The molecule has 0 aliphatic carbocycles. The topological polar surface area (TPSA) is 112 Å². The number of hydrogen-bond donors (Lipinski definition) is 3. The Morgan fingerprint density at radius 2 is 2.00 bits per heavy atom. The van der Waals surface area contributed by atoms with Crippen LogP contribution in [0.5, 0.6) is 0 Å². The zero-order chi connectivity index (χ0) is 14.6. The predicted octanol–water partition coefficient (Wildman–Crippen LogP) is -0.00936. The zero-order valence-corrected chi connectivity index (χ0v) is 11.6. The molecule has 104 valence electrons. The highest BCUT2D eigenvalue weighted by atomic mass is 32.2. The lowest BCUT2D eigenvalue weighted by Gasteiger charge is -2.12. The molecule has 1 aromatic rings. The van der Waals surface area contributed by atoms with E-state index in [4.69, 9.17) is 10.2 Å². The molecule has 0 fully saturated rings. The van der Waals surface area contributed by atoms with Crippen LogP contribution in [0, 0.1) is 13.8 Å². The molecule has 0 saturated carbocycles. The van der Waals surface area contributed by atoms with Crippen LogP contribution in [0.25, 0.3) is 0 Å². The van der Waals surface area contributed by atoms with E-state index in [1.165, 1.54) is 11.8 Å². The number of aryl methyl sites for hydroxylation is 2. The molecule has 1 amide bonds. The number of nitrogens with one attached hydrogen (secondary N) is 1. The van der Waals surface area contributed by atoms with E-state index >= 15 is 0 Å².